The second-order valence-electron chi connectivity index (χ2n) is 5.07. The minimum absolute atomic E-state index is 0.206. The Bertz CT molecular complexity index is 410. The van der Waals surface area contributed by atoms with Crippen molar-refractivity contribution in [3.63, 3.8) is 0 Å². The highest BCUT2D eigenvalue weighted by Crippen LogP contribution is 2.28. The summed E-state index contributed by atoms with van der Waals surface area (Å²) in [5, 5.41) is 0. The van der Waals surface area contributed by atoms with Gasteiger partial charge in [-0.3, -0.25) is 11.3 Å². The van der Waals surface area contributed by atoms with Crippen molar-refractivity contribution in [2.45, 2.75) is 31.7 Å². The van der Waals surface area contributed by atoms with Gasteiger partial charge in [-0.15, -0.1) is 0 Å². The lowest BCUT2D eigenvalue weighted by Crippen LogP contribution is -2.38. The molecular weight excluding hydrogens is 327 g/mol. The number of hydrazine groups is 1. The average Bonchev–Trinajstić information content (AvgIpc) is 2.44. The number of hydrogen-bond donors (Lipinski definition) is 2. The van der Waals surface area contributed by atoms with E-state index < -0.39 is 0 Å². The van der Waals surface area contributed by atoms with Crippen LogP contribution in [0.25, 0.3) is 0 Å². The maximum Gasteiger partial charge on any atom is 0.137 e. The fourth-order valence-corrected chi connectivity index (χ4v) is 4.20. The van der Waals surface area contributed by atoms with Crippen molar-refractivity contribution in [1.82, 2.24) is 5.43 Å². The molecule has 19 heavy (non-hydrogen) atoms. The summed E-state index contributed by atoms with van der Waals surface area (Å²) in [7, 11) is 0. The normalized spacial score (nSPS) is 18.5. The Hall–Kier alpha value is -0.100. The second-order valence-corrected chi connectivity index (χ2v) is 7.09. The highest BCUT2D eigenvalue weighted by Gasteiger charge is 2.19. The largest absolute Gasteiger partial charge is 0.271 e. The summed E-state index contributed by atoms with van der Waals surface area (Å²) in [4.78, 5) is 0. The zero-order valence-electron chi connectivity index (χ0n) is 10.9. The van der Waals surface area contributed by atoms with Crippen LogP contribution < -0.4 is 11.3 Å². The molecule has 1 aromatic rings. The monoisotopic (exact) mass is 346 g/mol. The number of nitrogens with two attached hydrogens (primary N) is 1. The smallest absolute Gasteiger partial charge is 0.137 e. The number of halogens is 2. The Labute approximate surface area is 126 Å². The van der Waals surface area contributed by atoms with E-state index >= 15 is 0 Å². The summed E-state index contributed by atoms with van der Waals surface area (Å²) in [5.41, 5.74) is 3.87. The average molecular weight is 347 g/mol. The first-order valence-corrected chi connectivity index (χ1v) is 8.62. The maximum atomic E-state index is 13.5. The van der Waals surface area contributed by atoms with Crippen LogP contribution in [-0.2, 0) is 6.42 Å². The quantitative estimate of drug-likeness (QED) is 0.633. The zero-order valence-corrected chi connectivity index (χ0v) is 13.3. The molecule has 0 bridgehead atoms. The molecule has 5 heteroatoms. The first-order chi connectivity index (χ1) is 9.20. The van der Waals surface area contributed by atoms with Gasteiger partial charge in [0.25, 0.3) is 0 Å². The van der Waals surface area contributed by atoms with Crippen molar-refractivity contribution in [2.75, 3.05) is 11.5 Å². The van der Waals surface area contributed by atoms with Crippen LogP contribution >= 0.6 is 27.7 Å². The van der Waals surface area contributed by atoms with E-state index in [1.807, 2.05) is 17.8 Å². The Balaban J connectivity index is 1.96. The molecule has 0 radical (unpaired) electrons. The fraction of sp³-hybridized carbons (Fsp3) is 0.571. The van der Waals surface area contributed by atoms with Crippen LogP contribution in [0.2, 0.25) is 0 Å². The van der Waals surface area contributed by atoms with Gasteiger partial charge in [-0.25, -0.2) is 4.39 Å². The highest BCUT2D eigenvalue weighted by molar-refractivity contribution is 9.10. The number of rotatable bonds is 5. The van der Waals surface area contributed by atoms with Crippen molar-refractivity contribution in [2.24, 2.45) is 11.8 Å². The number of thioether (sulfide) groups is 1. The molecule has 0 saturated carbocycles. The SMILES string of the molecule is NNC(Cc1cccc(F)c1Br)CC1CCSCC1. The van der Waals surface area contributed by atoms with Gasteiger partial charge in [0, 0.05) is 6.04 Å². The van der Waals surface area contributed by atoms with Crippen LogP contribution in [0.15, 0.2) is 22.7 Å². The Morgan fingerprint density at radius 3 is 2.84 bits per heavy atom. The van der Waals surface area contributed by atoms with E-state index in [2.05, 4.69) is 21.4 Å². The summed E-state index contributed by atoms with van der Waals surface area (Å²) >= 11 is 5.35. The summed E-state index contributed by atoms with van der Waals surface area (Å²) in [6, 6.07) is 5.39. The lowest BCUT2D eigenvalue weighted by atomic mass is 9.91. The summed E-state index contributed by atoms with van der Waals surface area (Å²) in [5.74, 6) is 8.71. The molecule has 1 unspecified atom stereocenters. The number of benzene rings is 1. The summed E-state index contributed by atoms with van der Waals surface area (Å²) in [6.45, 7) is 0. The standard InChI is InChI=1S/C14H20BrFN2S/c15-14-11(2-1-3-13(14)16)9-12(18-17)8-10-4-6-19-7-5-10/h1-3,10,12,18H,4-9,17H2. The molecule has 0 spiro atoms. The predicted octanol–water partition coefficient (Wildman–Crippen LogP) is 3.50. The van der Waals surface area contributed by atoms with Gasteiger partial charge in [0.1, 0.15) is 5.82 Å². The lowest BCUT2D eigenvalue weighted by Gasteiger charge is -2.26. The van der Waals surface area contributed by atoms with Gasteiger partial charge in [0.15, 0.2) is 0 Å². The van der Waals surface area contributed by atoms with E-state index in [1.165, 1.54) is 30.4 Å². The molecule has 1 aliphatic rings. The molecule has 2 nitrogen and oxygen atoms in total. The van der Waals surface area contributed by atoms with Crippen LogP contribution in [0, 0.1) is 11.7 Å². The van der Waals surface area contributed by atoms with Gasteiger partial charge in [-0.2, -0.15) is 11.8 Å². The third-order valence-electron chi connectivity index (χ3n) is 3.69. The Kier molecular flexibility index (Phi) is 6.13. The number of hydrogen-bond acceptors (Lipinski definition) is 3. The minimum atomic E-state index is -0.206. The van der Waals surface area contributed by atoms with Crippen molar-refractivity contribution in [3.8, 4) is 0 Å². The molecule has 0 amide bonds. The van der Waals surface area contributed by atoms with Crippen LogP contribution in [0.1, 0.15) is 24.8 Å². The Morgan fingerprint density at radius 2 is 2.16 bits per heavy atom. The van der Waals surface area contributed by atoms with Crippen LogP contribution in [0.4, 0.5) is 4.39 Å². The molecule has 106 valence electrons. The van der Waals surface area contributed by atoms with Crippen molar-refractivity contribution >= 4 is 27.7 Å². The van der Waals surface area contributed by atoms with Crippen molar-refractivity contribution < 1.29 is 4.39 Å². The van der Waals surface area contributed by atoms with Gasteiger partial charge in [-0.1, -0.05) is 12.1 Å². The molecule has 3 N–H and O–H groups in total. The van der Waals surface area contributed by atoms with E-state index in [0.717, 1.165) is 24.3 Å². The van der Waals surface area contributed by atoms with Crippen LogP contribution in [0.3, 0.4) is 0 Å². The molecule has 1 saturated heterocycles. The van der Waals surface area contributed by atoms with Crippen molar-refractivity contribution in [1.29, 1.82) is 0 Å². The van der Waals surface area contributed by atoms with Gasteiger partial charge < -0.3 is 0 Å². The van der Waals surface area contributed by atoms with E-state index in [-0.39, 0.29) is 11.9 Å². The van der Waals surface area contributed by atoms with E-state index in [4.69, 9.17) is 5.84 Å². The predicted molar refractivity (Wildman–Crippen MR) is 83.6 cm³/mol. The molecule has 1 aliphatic heterocycles. The molecule has 1 atom stereocenters. The van der Waals surface area contributed by atoms with E-state index in [0.29, 0.717) is 4.47 Å². The first kappa shape index (κ1) is 15.3. The molecular formula is C14H20BrFN2S. The van der Waals surface area contributed by atoms with Gasteiger partial charge in [0.05, 0.1) is 4.47 Å². The summed E-state index contributed by atoms with van der Waals surface area (Å²) < 4.78 is 14.1. The minimum Gasteiger partial charge on any atom is -0.271 e. The Morgan fingerprint density at radius 1 is 1.42 bits per heavy atom. The zero-order chi connectivity index (χ0) is 13.7. The van der Waals surface area contributed by atoms with E-state index in [9.17, 15) is 4.39 Å². The molecule has 0 aromatic heterocycles. The highest BCUT2D eigenvalue weighted by atomic mass is 79.9. The first-order valence-electron chi connectivity index (χ1n) is 6.67. The molecule has 1 aromatic carbocycles. The van der Waals surface area contributed by atoms with Crippen LogP contribution in [-0.4, -0.2) is 17.5 Å². The van der Waals surface area contributed by atoms with Gasteiger partial charge in [-0.05, 0) is 70.7 Å². The molecule has 0 aliphatic carbocycles. The summed E-state index contributed by atoms with van der Waals surface area (Å²) in [6.07, 6.45) is 4.37. The molecule has 1 heterocycles. The topological polar surface area (TPSA) is 38.0 Å². The third kappa shape index (κ3) is 4.45. The van der Waals surface area contributed by atoms with Crippen LogP contribution in [0.5, 0.6) is 0 Å². The molecule has 2 rings (SSSR count). The molecule has 1 fully saturated rings. The number of nitrogens with one attached hydrogen (secondary N) is 1. The second kappa shape index (κ2) is 7.62. The van der Waals surface area contributed by atoms with Gasteiger partial charge in [0.2, 0.25) is 0 Å². The van der Waals surface area contributed by atoms with E-state index in [1.54, 1.807) is 6.07 Å². The van der Waals surface area contributed by atoms with Crippen molar-refractivity contribution in [3.05, 3.63) is 34.1 Å². The maximum absolute atomic E-state index is 13.5. The van der Waals surface area contributed by atoms with Gasteiger partial charge >= 0.3 is 0 Å². The lowest BCUT2D eigenvalue weighted by molar-refractivity contribution is 0.365. The third-order valence-corrected chi connectivity index (χ3v) is 5.63. The fourth-order valence-electron chi connectivity index (χ4n) is 2.57.